The maximum absolute atomic E-state index is 12.1. The van der Waals surface area contributed by atoms with Gasteiger partial charge in [-0.05, 0) is 44.2 Å². The number of pyridine rings is 1. The van der Waals surface area contributed by atoms with Crippen molar-refractivity contribution < 1.29 is 0 Å². The molecule has 1 atom stereocenters. The topological polar surface area (TPSA) is 39.3 Å². The van der Waals surface area contributed by atoms with E-state index in [1.54, 1.807) is 11.1 Å². The number of hydrogen-bond donors (Lipinski definition) is 1. The van der Waals surface area contributed by atoms with Crippen LogP contribution in [0.1, 0.15) is 34.4 Å². The molecule has 0 bridgehead atoms. The smallest absolute Gasteiger partial charge is 0.187 e. The lowest BCUT2D eigenvalue weighted by molar-refractivity contribution is 0.0848. The molecule has 0 amide bonds. The molecular weight excluding hydrogens is 322 g/mol. The van der Waals surface area contributed by atoms with Gasteiger partial charge in [-0.25, -0.2) is 0 Å². The van der Waals surface area contributed by atoms with Gasteiger partial charge in [0.25, 0.3) is 0 Å². The molecule has 1 saturated heterocycles. The fourth-order valence-electron chi connectivity index (χ4n) is 4.47. The molecule has 1 unspecified atom stereocenters. The number of nitrogens with one attached hydrogen (secondary N) is 1. The number of piperazine rings is 1. The van der Waals surface area contributed by atoms with Crippen LogP contribution in [0.25, 0.3) is 0 Å². The number of benzene rings is 1. The Kier molecular flexibility index (Phi) is 4.96. The van der Waals surface area contributed by atoms with Crippen LogP contribution in [0.2, 0.25) is 0 Å². The number of aryl methyl sites for hydroxylation is 2. The summed E-state index contributed by atoms with van der Waals surface area (Å²) in [6, 6.07) is 9.61. The molecule has 1 aromatic heterocycles. The van der Waals surface area contributed by atoms with E-state index in [0.717, 1.165) is 49.5 Å². The zero-order valence-corrected chi connectivity index (χ0v) is 15.9. The molecule has 2 aliphatic rings. The van der Waals surface area contributed by atoms with Gasteiger partial charge in [-0.3, -0.25) is 14.6 Å². The number of nitrogens with zero attached hydrogens (tertiary/aromatic N) is 2. The van der Waals surface area contributed by atoms with Gasteiger partial charge < -0.3 is 4.98 Å². The Balaban J connectivity index is 1.35. The van der Waals surface area contributed by atoms with Crippen LogP contribution in [-0.2, 0) is 19.4 Å². The highest BCUT2D eigenvalue weighted by atomic mass is 16.1. The van der Waals surface area contributed by atoms with E-state index in [4.69, 9.17) is 0 Å². The molecule has 0 radical (unpaired) electrons. The summed E-state index contributed by atoms with van der Waals surface area (Å²) in [5.74, 6) is 0. The largest absolute Gasteiger partial charge is 0.363 e. The minimum atomic E-state index is 0.179. The molecule has 4 heteroatoms. The summed E-state index contributed by atoms with van der Waals surface area (Å²) in [6.45, 7) is 9.07. The van der Waals surface area contributed by atoms with Gasteiger partial charge in [0.1, 0.15) is 0 Å². The van der Waals surface area contributed by atoms with Crippen molar-refractivity contribution in [3.05, 3.63) is 68.6 Å². The van der Waals surface area contributed by atoms with Gasteiger partial charge >= 0.3 is 0 Å². The van der Waals surface area contributed by atoms with Crippen molar-refractivity contribution in [2.24, 2.45) is 0 Å². The Morgan fingerprint density at radius 3 is 2.58 bits per heavy atom. The summed E-state index contributed by atoms with van der Waals surface area (Å²) in [7, 11) is 0. The normalized spacial score (nSPS) is 21.5. The molecule has 0 saturated carbocycles. The second-order valence-electron chi connectivity index (χ2n) is 7.88. The number of aromatic nitrogens is 1. The first-order valence-corrected chi connectivity index (χ1v) is 9.83. The lowest BCUT2D eigenvalue weighted by atomic mass is 9.87. The summed E-state index contributed by atoms with van der Waals surface area (Å²) in [5.41, 5.74) is 6.00. The lowest BCUT2D eigenvalue weighted by Gasteiger charge is -2.41. The van der Waals surface area contributed by atoms with Crippen LogP contribution >= 0.6 is 0 Å². The molecule has 138 valence electrons. The minimum Gasteiger partial charge on any atom is -0.363 e. The molecule has 2 heterocycles. The fraction of sp³-hybridized carbons (Fsp3) is 0.500. The van der Waals surface area contributed by atoms with Gasteiger partial charge in [0.15, 0.2) is 5.43 Å². The molecular formula is C22H29N3O. The number of H-pyrrole nitrogens is 1. The van der Waals surface area contributed by atoms with E-state index >= 15 is 0 Å². The number of hydrogen-bond acceptors (Lipinski definition) is 3. The monoisotopic (exact) mass is 351 g/mol. The number of rotatable bonds is 3. The van der Waals surface area contributed by atoms with Gasteiger partial charge in [0.2, 0.25) is 0 Å². The molecule has 1 aliphatic carbocycles. The highest BCUT2D eigenvalue weighted by molar-refractivity contribution is 5.30. The van der Waals surface area contributed by atoms with Crippen molar-refractivity contribution in [1.29, 1.82) is 0 Å². The average molecular weight is 351 g/mol. The summed E-state index contributed by atoms with van der Waals surface area (Å²) in [4.78, 5) is 20.6. The van der Waals surface area contributed by atoms with E-state index < -0.39 is 0 Å². The van der Waals surface area contributed by atoms with Gasteiger partial charge in [-0.1, -0.05) is 24.3 Å². The van der Waals surface area contributed by atoms with Crippen molar-refractivity contribution in [1.82, 2.24) is 14.8 Å². The Bertz CT molecular complexity index is 834. The second kappa shape index (κ2) is 7.37. The molecule has 4 nitrogen and oxygen atoms in total. The molecule has 4 rings (SSSR count). The van der Waals surface area contributed by atoms with Crippen molar-refractivity contribution in [2.45, 2.75) is 45.7 Å². The molecule has 0 spiro atoms. The summed E-state index contributed by atoms with van der Waals surface area (Å²) in [6.07, 6.45) is 5.53. The molecule has 2 aromatic rings. The summed E-state index contributed by atoms with van der Waals surface area (Å²) >= 11 is 0. The van der Waals surface area contributed by atoms with Gasteiger partial charge in [0.05, 0.1) is 0 Å². The van der Waals surface area contributed by atoms with Crippen LogP contribution in [0, 0.1) is 13.8 Å². The van der Waals surface area contributed by atoms with Crippen molar-refractivity contribution in [3.8, 4) is 0 Å². The Labute approximate surface area is 155 Å². The van der Waals surface area contributed by atoms with Gasteiger partial charge in [-0.2, -0.15) is 0 Å². The predicted octanol–water partition coefficient (Wildman–Crippen LogP) is 2.67. The quantitative estimate of drug-likeness (QED) is 0.924. The maximum atomic E-state index is 12.1. The summed E-state index contributed by atoms with van der Waals surface area (Å²) in [5, 5.41) is 0. The Hall–Kier alpha value is -1.91. The number of aromatic amines is 1. The first-order valence-electron chi connectivity index (χ1n) is 9.83. The number of fused-ring (bicyclic) bond motifs is 1. The molecule has 1 aromatic carbocycles. The third-order valence-electron chi connectivity index (χ3n) is 6.24. The van der Waals surface area contributed by atoms with E-state index in [2.05, 4.69) is 39.0 Å². The van der Waals surface area contributed by atoms with Crippen molar-refractivity contribution in [3.63, 3.8) is 0 Å². The lowest BCUT2D eigenvalue weighted by Crippen LogP contribution is -2.51. The highest BCUT2D eigenvalue weighted by Gasteiger charge is 2.27. The molecule has 1 N–H and O–H groups in total. The van der Waals surface area contributed by atoms with E-state index in [9.17, 15) is 4.79 Å². The maximum Gasteiger partial charge on any atom is 0.187 e. The molecule has 1 fully saturated rings. The van der Waals surface area contributed by atoms with Crippen molar-refractivity contribution >= 4 is 0 Å². The average Bonchev–Trinajstić information content (AvgIpc) is 2.68. The molecule has 26 heavy (non-hydrogen) atoms. The van der Waals surface area contributed by atoms with Crippen LogP contribution in [0.4, 0.5) is 0 Å². The summed E-state index contributed by atoms with van der Waals surface area (Å²) < 4.78 is 0. The first kappa shape index (κ1) is 17.5. The first-order chi connectivity index (χ1) is 12.6. The third-order valence-corrected chi connectivity index (χ3v) is 6.24. The standard InChI is InChI=1S/C22H29N3O/c1-16-14-23-21(17(2)22(16)26)15-24-9-11-25(12-10-24)20-8-7-18-5-3-4-6-19(18)13-20/h3-6,14,20H,7-13,15H2,1-2H3,(H,23,26). The van der Waals surface area contributed by atoms with Crippen LogP contribution < -0.4 is 5.43 Å². The zero-order valence-electron chi connectivity index (χ0n) is 15.9. The van der Waals surface area contributed by atoms with E-state index in [-0.39, 0.29) is 5.43 Å². The second-order valence-corrected chi connectivity index (χ2v) is 7.88. The van der Waals surface area contributed by atoms with Crippen LogP contribution in [0.3, 0.4) is 0 Å². The third kappa shape index (κ3) is 3.49. The van der Waals surface area contributed by atoms with Gasteiger partial charge in [-0.15, -0.1) is 0 Å². The van der Waals surface area contributed by atoms with E-state index in [1.807, 2.05) is 20.0 Å². The zero-order chi connectivity index (χ0) is 18.1. The van der Waals surface area contributed by atoms with Crippen LogP contribution in [0.5, 0.6) is 0 Å². The fourth-order valence-corrected chi connectivity index (χ4v) is 4.47. The molecule has 1 aliphatic heterocycles. The SMILES string of the molecule is Cc1c[nH]c(CN2CCN(C3CCc4ccccc4C3)CC2)c(C)c1=O. The Morgan fingerprint density at radius 2 is 1.81 bits per heavy atom. The van der Waals surface area contributed by atoms with E-state index in [0.29, 0.717) is 6.04 Å². The van der Waals surface area contributed by atoms with Gasteiger partial charge in [0, 0.05) is 61.8 Å². The van der Waals surface area contributed by atoms with Crippen LogP contribution in [0.15, 0.2) is 35.3 Å². The predicted molar refractivity (Wildman–Crippen MR) is 106 cm³/mol. The van der Waals surface area contributed by atoms with E-state index in [1.165, 1.54) is 19.3 Å². The van der Waals surface area contributed by atoms with Crippen LogP contribution in [-0.4, -0.2) is 47.0 Å². The van der Waals surface area contributed by atoms with Crippen molar-refractivity contribution in [2.75, 3.05) is 26.2 Å². The Morgan fingerprint density at radius 1 is 1.08 bits per heavy atom. The highest BCUT2D eigenvalue weighted by Crippen LogP contribution is 2.25. The minimum absolute atomic E-state index is 0.179.